The normalized spacial score (nSPS) is 11.1. The zero-order chi connectivity index (χ0) is 14.2. The standard InChI is InChI=1S/C15H18BrN3/c1-8(2)11-5-6-12(13(16)7-11)14-9(3)18-15(17)19-10(14)4/h5-8H,1-4H3,(H2,17,18,19). The first-order valence-corrected chi connectivity index (χ1v) is 7.10. The molecule has 0 aliphatic rings. The van der Waals surface area contributed by atoms with E-state index in [2.05, 4.69) is 57.9 Å². The van der Waals surface area contributed by atoms with E-state index >= 15 is 0 Å². The first-order chi connectivity index (χ1) is 8.90. The number of nitrogens with zero attached hydrogens (tertiary/aromatic N) is 2. The van der Waals surface area contributed by atoms with E-state index < -0.39 is 0 Å². The maximum absolute atomic E-state index is 5.67. The summed E-state index contributed by atoms with van der Waals surface area (Å²) in [6, 6.07) is 6.43. The zero-order valence-electron chi connectivity index (χ0n) is 11.7. The van der Waals surface area contributed by atoms with Gasteiger partial charge in [-0.25, -0.2) is 9.97 Å². The van der Waals surface area contributed by atoms with Gasteiger partial charge >= 0.3 is 0 Å². The van der Waals surface area contributed by atoms with Crippen LogP contribution in [0.4, 0.5) is 5.95 Å². The van der Waals surface area contributed by atoms with Gasteiger partial charge in [0.15, 0.2) is 0 Å². The number of nitrogens with two attached hydrogens (primary N) is 1. The van der Waals surface area contributed by atoms with Crippen molar-refractivity contribution >= 4 is 21.9 Å². The van der Waals surface area contributed by atoms with Crippen LogP contribution in [0.2, 0.25) is 0 Å². The molecule has 0 unspecified atom stereocenters. The molecule has 1 aromatic heterocycles. The number of benzene rings is 1. The molecule has 0 aliphatic carbocycles. The summed E-state index contributed by atoms with van der Waals surface area (Å²) >= 11 is 3.65. The van der Waals surface area contributed by atoms with Crippen molar-refractivity contribution in [2.75, 3.05) is 5.73 Å². The molecule has 2 rings (SSSR count). The molecule has 2 aromatic rings. The quantitative estimate of drug-likeness (QED) is 0.901. The predicted molar refractivity (Wildman–Crippen MR) is 83.1 cm³/mol. The fraction of sp³-hybridized carbons (Fsp3) is 0.333. The summed E-state index contributed by atoms with van der Waals surface area (Å²) in [5.74, 6) is 0.837. The lowest BCUT2D eigenvalue weighted by molar-refractivity contribution is 0.866. The summed E-state index contributed by atoms with van der Waals surface area (Å²) < 4.78 is 1.07. The summed E-state index contributed by atoms with van der Waals surface area (Å²) in [5, 5.41) is 0. The molecule has 0 spiro atoms. The molecule has 0 aliphatic heterocycles. The van der Waals surface area contributed by atoms with E-state index in [0.717, 1.165) is 27.0 Å². The topological polar surface area (TPSA) is 51.8 Å². The smallest absolute Gasteiger partial charge is 0.220 e. The van der Waals surface area contributed by atoms with E-state index in [1.54, 1.807) is 0 Å². The molecule has 0 bridgehead atoms. The Morgan fingerprint density at radius 1 is 1.11 bits per heavy atom. The lowest BCUT2D eigenvalue weighted by Gasteiger charge is -2.13. The number of rotatable bonds is 2. The van der Waals surface area contributed by atoms with Gasteiger partial charge in [-0.2, -0.15) is 0 Å². The van der Waals surface area contributed by atoms with Crippen LogP contribution < -0.4 is 5.73 Å². The van der Waals surface area contributed by atoms with Crippen molar-refractivity contribution in [2.24, 2.45) is 0 Å². The molecule has 1 heterocycles. The Morgan fingerprint density at radius 3 is 2.16 bits per heavy atom. The molecule has 0 amide bonds. The second kappa shape index (κ2) is 5.29. The van der Waals surface area contributed by atoms with Crippen molar-refractivity contribution in [1.29, 1.82) is 0 Å². The van der Waals surface area contributed by atoms with Crippen LogP contribution in [0.25, 0.3) is 11.1 Å². The molecular weight excluding hydrogens is 302 g/mol. The second-order valence-corrected chi connectivity index (χ2v) is 5.88. The van der Waals surface area contributed by atoms with Gasteiger partial charge in [-0.15, -0.1) is 0 Å². The first kappa shape index (κ1) is 14.0. The Hall–Kier alpha value is -1.42. The Balaban J connectivity index is 2.60. The number of hydrogen-bond donors (Lipinski definition) is 1. The number of nitrogen functional groups attached to an aromatic ring is 1. The second-order valence-electron chi connectivity index (χ2n) is 5.02. The van der Waals surface area contributed by atoms with Crippen LogP contribution in [0.5, 0.6) is 0 Å². The van der Waals surface area contributed by atoms with Crippen molar-refractivity contribution in [2.45, 2.75) is 33.6 Å². The molecule has 2 N–H and O–H groups in total. The van der Waals surface area contributed by atoms with Gasteiger partial charge in [-0.1, -0.05) is 41.9 Å². The fourth-order valence-electron chi connectivity index (χ4n) is 2.23. The molecule has 4 heteroatoms. The van der Waals surface area contributed by atoms with Gasteiger partial charge in [0.05, 0.1) is 11.4 Å². The SMILES string of the molecule is Cc1nc(N)nc(C)c1-c1ccc(C(C)C)cc1Br. The van der Waals surface area contributed by atoms with Gasteiger partial charge in [-0.05, 0) is 37.0 Å². The first-order valence-electron chi connectivity index (χ1n) is 6.30. The lowest BCUT2D eigenvalue weighted by Crippen LogP contribution is -2.02. The number of anilines is 1. The third kappa shape index (κ3) is 2.78. The minimum Gasteiger partial charge on any atom is -0.368 e. The molecule has 0 atom stereocenters. The van der Waals surface area contributed by atoms with Crippen molar-refractivity contribution < 1.29 is 0 Å². The molecule has 19 heavy (non-hydrogen) atoms. The minimum absolute atomic E-state index is 0.327. The third-order valence-electron chi connectivity index (χ3n) is 3.22. The molecule has 0 radical (unpaired) electrons. The highest BCUT2D eigenvalue weighted by Gasteiger charge is 2.13. The summed E-state index contributed by atoms with van der Waals surface area (Å²) in [5.41, 5.74) is 11.0. The van der Waals surface area contributed by atoms with E-state index in [-0.39, 0.29) is 0 Å². The van der Waals surface area contributed by atoms with E-state index in [9.17, 15) is 0 Å². The van der Waals surface area contributed by atoms with E-state index in [1.165, 1.54) is 5.56 Å². The van der Waals surface area contributed by atoms with Crippen LogP contribution in [-0.2, 0) is 0 Å². The minimum atomic E-state index is 0.327. The maximum Gasteiger partial charge on any atom is 0.220 e. The average molecular weight is 320 g/mol. The highest BCUT2D eigenvalue weighted by atomic mass is 79.9. The highest BCUT2D eigenvalue weighted by Crippen LogP contribution is 2.34. The van der Waals surface area contributed by atoms with Crippen LogP contribution >= 0.6 is 15.9 Å². The lowest BCUT2D eigenvalue weighted by atomic mass is 9.97. The van der Waals surface area contributed by atoms with Gasteiger partial charge in [0, 0.05) is 10.0 Å². The number of halogens is 1. The third-order valence-corrected chi connectivity index (χ3v) is 3.87. The Labute approximate surface area is 122 Å². The Kier molecular flexibility index (Phi) is 3.90. The summed E-state index contributed by atoms with van der Waals surface area (Å²) in [6.07, 6.45) is 0. The summed E-state index contributed by atoms with van der Waals surface area (Å²) in [7, 11) is 0. The van der Waals surface area contributed by atoms with Crippen LogP contribution in [0.15, 0.2) is 22.7 Å². The van der Waals surface area contributed by atoms with E-state index in [4.69, 9.17) is 5.73 Å². The Bertz CT molecular complexity index is 598. The van der Waals surface area contributed by atoms with Crippen molar-refractivity contribution in [1.82, 2.24) is 9.97 Å². The average Bonchev–Trinajstić information content (AvgIpc) is 2.29. The monoisotopic (exact) mass is 319 g/mol. The van der Waals surface area contributed by atoms with Gasteiger partial charge in [0.25, 0.3) is 0 Å². The zero-order valence-corrected chi connectivity index (χ0v) is 13.2. The van der Waals surface area contributed by atoms with Crippen LogP contribution in [0.1, 0.15) is 36.7 Å². The van der Waals surface area contributed by atoms with Gasteiger partial charge in [0.2, 0.25) is 5.95 Å². The van der Waals surface area contributed by atoms with Crippen molar-refractivity contribution in [3.8, 4) is 11.1 Å². The Morgan fingerprint density at radius 2 is 1.68 bits per heavy atom. The van der Waals surface area contributed by atoms with E-state index in [1.807, 2.05) is 13.8 Å². The van der Waals surface area contributed by atoms with Crippen molar-refractivity contribution in [3.63, 3.8) is 0 Å². The molecular formula is C15H18BrN3. The molecule has 1 aromatic carbocycles. The molecule has 0 fully saturated rings. The summed E-state index contributed by atoms with van der Waals surface area (Å²) in [6.45, 7) is 8.29. The summed E-state index contributed by atoms with van der Waals surface area (Å²) in [4.78, 5) is 8.51. The number of hydrogen-bond acceptors (Lipinski definition) is 3. The van der Waals surface area contributed by atoms with E-state index in [0.29, 0.717) is 11.9 Å². The van der Waals surface area contributed by atoms with Gasteiger partial charge < -0.3 is 5.73 Å². The van der Waals surface area contributed by atoms with Gasteiger partial charge in [0.1, 0.15) is 0 Å². The number of aryl methyl sites for hydroxylation is 2. The molecule has 3 nitrogen and oxygen atoms in total. The fourth-order valence-corrected chi connectivity index (χ4v) is 2.82. The van der Waals surface area contributed by atoms with Crippen LogP contribution in [0, 0.1) is 13.8 Å². The van der Waals surface area contributed by atoms with Crippen LogP contribution in [-0.4, -0.2) is 9.97 Å². The molecule has 0 saturated heterocycles. The molecule has 100 valence electrons. The number of aromatic nitrogens is 2. The van der Waals surface area contributed by atoms with Gasteiger partial charge in [-0.3, -0.25) is 0 Å². The molecule has 0 saturated carbocycles. The predicted octanol–water partition coefficient (Wildman–Crippen LogP) is 4.23. The van der Waals surface area contributed by atoms with Crippen molar-refractivity contribution in [3.05, 3.63) is 39.6 Å². The largest absolute Gasteiger partial charge is 0.368 e. The highest BCUT2D eigenvalue weighted by molar-refractivity contribution is 9.10. The van der Waals surface area contributed by atoms with Crippen LogP contribution in [0.3, 0.4) is 0 Å². The maximum atomic E-state index is 5.67.